The van der Waals surface area contributed by atoms with Crippen LogP contribution in [-0.4, -0.2) is 36.2 Å². The zero-order chi connectivity index (χ0) is 26.5. The fraction of sp³-hybridized carbons (Fsp3) is 0.200. The lowest BCUT2D eigenvalue weighted by Gasteiger charge is -2.22. The summed E-state index contributed by atoms with van der Waals surface area (Å²) in [5, 5.41) is 14.2. The molecule has 3 aromatic rings. The van der Waals surface area contributed by atoms with Gasteiger partial charge in [-0.3, -0.25) is 9.59 Å². The molecule has 0 spiro atoms. The Hall–Kier alpha value is -3.86. The summed E-state index contributed by atoms with van der Waals surface area (Å²) in [4.78, 5) is 24.7. The lowest BCUT2D eigenvalue weighted by Crippen LogP contribution is -2.37. The average Bonchev–Trinajstić information content (AvgIpc) is 2.83. The number of amides is 2. The number of alkyl halides is 6. The zero-order valence-corrected chi connectivity index (χ0v) is 18.5. The molecule has 0 aliphatic heterocycles. The summed E-state index contributed by atoms with van der Waals surface area (Å²) in [5.74, 6) is -1.62. The molecule has 1 unspecified atom stereocenters. The van der Waals surface area contributed by atoms with Gasteiger partial charge in [0.25, 0.3) is 5.91 Å². The van der Waals surface area contributed by atoms with E-state index in [1.54, 1.807) is 29.6 Å². The molecule has 2 amide bonds. The van der Waals surface area contributed by atoms with Gasteiger partial charge in [-0.2, -0.15) is 26.3 Å². The maximum atomic E-state index is 13.6. The van der Waals surface area contributed by atoms with Gasteiger partial charge in [-0.25, -0.2) is 0 Å². The molecule has 3 rings (SSSR count). The Balaban J connectivity index is 1.87. The highest BCUT2D eigenvalue weighted by Gasteiger charge is 2.42. The summed E-state index contributed by atoms with van der Waals surface area (Å²) < 4.78 is 79.7. The molecule has 0 aromatic heterocycles. The van der Waals surface area contributed by atoms with Crippen LogP contribution in [-0.2, 0) is 11.0 Å². The average molecular weight is 510 g/mol. The van der Waals surface area contributed by atoms with Gasteiger partial charge in [0.05, 0.1) is 12.2 Å². The summed E-state index contributed by atoms with van der Waals surface area (Å²) in [6.45, 7) is -0.208. The molecule has 0 bridgehead atoms. The van der Waals surface area contributed by atoms with Gasteiger partial charge in [0.1, 0.15) is 0 Å². The van der Waals surface area contributed by atoms with E-state index in [0.717, 1.165) is 18.2 Å². The van der Waals surface area contributed by atoms with Crippen molar-refractivity contribution in [3.63, 3.8) is 0 Å². The number of halogens is 6. The van der Waals surface area contributed by atoms with Crippen LogP contribution in [0.2, 0.25) is 0 Å². The minimum atomic E-state index is -5.05. The van der Waals surface area contributed by atoms with Crippen LogP contribution >= 0.6 is 0 Å². The maximum Gasteiger partial charge on any atom is 0.416 e. The molecule has 11 heteroatoms. The summed E-state index contributed by atoms with van der Waals surface area (Å²) >= 11 is 0. The SMILES string of the molecule is O=C(/C=C/c1ccc(C(=O)NCCO)c2ccccc12)NC(c1cccc(C(F)(F)F)c1)C(F)(F)F. The van der Waals surface area contributed by atoms with Gasteiger partial charge < -0.3 is 15.7 Å². The summed E-state index contributed by atoms with van der Waals surface area (Å²) in [5.41, 5.74) is -1.32. The number of carbonyl (C=O) groups excluding carboxylic acids is 2. The normalized spacial score (nSPS) is 13.1. The quantitative estimate of drug-likeness (QED) is 0.309. The first kappa shape index (κ1) is 26.7. The third-order valence-corrected chi connectivity index (χ3v) is 5.18. The number of nitrogens with one attached hydrogen (secondary N) is 2. The highest BCUT2D eigenvalue weighted by molar-refractivity contribution is 6.09. The molecule has 0 radical (unpaired) electrons. The smallest absolute Gasteiger partial charge is 0.395 e. The minimum Gasteiger partial charge on any atom is -0.395 e. The van der Waals surface area contributed by atoms with Crippen molar-refractivity contribution in [1.82, 2.24) is 10.6 Å². The van der Waals surface area contributed by atoms with E-state index in [4.69, 9.17) is 5.11 Å². The molecular weight excluding hydrogens is 490 g/mol. The maximum absolute atomic E-state index is 13.6. The van der Waals surface area contributed by atoms with Crippen LogP contribution in [0.3, 0.4) is 0 Å². The van der Waals surface area contributed by atoms with Crippen LogP contribution in [0.15, 0.2) is 66.7 Å². The molecule has 0 aliphatic carbocycles. The van der Waals surface area contributed by atoms with Crippen LogP contribution in [0.5, 0.6) is 0 Å². The third-order valence-electron chi connectivity index (χ3n) is 5.18. The number of aliphatic hydroxyl groups excluding tert-OH is 1. The molecular formula is C25H20F6N2O3. The second kappa shape index (κ2) is 10.8. The van der Waals surface area contributed by atoms with Crippen molar-refractivity contribution in [3.05, 3.63) is 89.0 Å². The van der Waals surface area contributed by atoms with Crippen molar-refractivity contribution < 1.29 is 41.0 Å². The van der Waals surface area contributed by atoms with Crippen molar-refractivity contribution in [1.29, 1.82) is 0 Å². The Morgan fingerprint density at radius 2 is 1.61 bits per heavy atom. The second-order valence-corrected chi connectivity index (χ2v) is 7.67. The molecule has 0 saturated carbocycles. The lowest BCUT2D eigenvalue weighted by atomic mass is 9.98. The summed E-state index contributed by atoms with van der Waals surface area (Å²) in [6.07, 6.45) is -7.82. The number of carbonyl (C=O) groups is 2. The van der Waals surface area contributed by atoms with Crippen molar-refractivity contribution in [2.45, 2.75) is 18.4 Å². The van der Waals surface area contributed by atoms with E-state index >= 15 is 0 Å². The first-order valence-corrected chi connectivity index (χ1v) is 10.5. The van der Waals surface area contributed by atoms with Crippen LogP contribution in [0.1, 0.15) is 33.1 Å². The molecule has 1 atom stereocenters. The van der Waals surface area contributed by atoms with Crippen LogP contribution in [0.4, 0.5) is 26.3 Å². The molecule has 0 aliphatic rings. The van der Waals surface area contributed by atoms with Gasteiger partial charge >= 0.3 is 12.4 Å². The van der Waals surface area contributed by atoms with Gasteiger partial charge in [0.15, 0.2) is 6.04 Å². The van der Waals surface area contributed by atoms with Crippen LogP contribution < -0.4 is 10.6 Å². The molecule has 0 saturated heterocycles. The molecule has 0 heterocycles. The standard InChI is InChI=1S/C25H20F6N2O3/c26-24(27,28)17-5-3-4-16(14-17)22(25(29,30)31)33-21(35)11-9-15-8-10-20(23(36)32-12-13-34)19-7-2-1-6-18(15)19/h1-11,14,22,34H,12-13H2,(H,32,36)(H,33,35)/b11-9+. The van der Waals surface area contributed by atoms with Gasteiger partial charge in [-0.15, -0.1) is 0 Å². The topological polar surface area (TPSA) is 78.4 Å². The van der Waals surface area contributed by atoms with E-state index in [2.05, 4.69) is 5.32 Å². The van der Waals surface area contributed by atoms with Crippen molar-refractivity contribution >= 4 is 28.7 Å². The number of aliphatic hydroxyl groups is 1. The number of benzene rings is 3. The van der Waals surface area contributed by atoms with E-state index < -0.39 is 41.3 Å². The molecule has 5 nitrogen and oxygen atoms in total. The minimum absolute atomic E-state index is 0.0429. The third kappa shape index (κ3) is 6.42. The Bertz CT molecular complexity index is 1280. The Labute approximate surface area is 201 Å². The van der Waals surface area contributed by atoms with Crippen molar-refractivity contribution in [2.75, 3.05) is 13.2 Å². The predicted octanol–water partition coefficient (Wildman–Crippen LogP) is 5.01. The van der Waals surface area contributed by atoms with E-state index in [1.807, 2.05) is 0 Å². The Morgan fingerprint density at radius 1 is 0.917 bits per heavy atom. The van der Waals surface area contributed by atoms with Gasteiger partial charge in [0, 0.05) is 18.2 Å². The van der Waals surface area contributed by atoms with Crippen LogP contribution in [0.25, 0.3) is 16.8 Å². The van der Waals surface area contributed by atoms with E-state index in [-0.39, 0.29) is 13.2 Å². The fourth-order valence-corrected chi connectivity index (χ4v) is 3.53. The van der Waals surface area contributed by atoms with Crippen molar-refractivity contribution in [3.8, 4) is 0 Å². The largest absolute Gasteiger partial charge is 0.416 e. The Morgan fingerprint density at radius 3 is 2.25 bits per heavy atom. The highest BCUT2D eigenvalue weighted by Crippen LogP contribution is 2.36. The predicted molar refractivity (Wildman–Crippen MR) is 121 cm³/mol. The first-order valence-electron chi connectivity index (χ1n) is 10.5. The van der Waals surface area contributed by atoms with Gasteiger partial charge in [-0.1, -0.05) is 42.5 Å². The molecule has 36 heavy (non-hydrogen) atoms. The monoisotopic (exact) mass is 510 g/mol. The highest BCUT2D eigenvalue weighted by atomic mass is 19.4. The number of hydrogen-bond donors (Lipinski definition) is 3. The summed E-state index contributed by atoms with van der Waals surface area (Å²) in [6, 6.07) is 9.61. The van der Waals surface area contributed by atoms with Gasteiger partial charge in [-0.05, 0) is 46.2 Å². The van der Waals surface area contributed by atoms with Crippen LogP contribution in [0, 0.1) is 0 Å². The van der Waals surface area contributed by atoms with Crippen molar-refractivity contribution in [2.24, 2.45) is 0 Å². The van der Waals surface area contributed by atoms with E-state index in [1.165, 1.54) is 18.2 Å². The number of fused-ring (bicyclic) bond motifs is 1. The molecule has 0 fully saturated rings. The Kier molecular flexibility index (Phi) is 8.03. The first-order chi connectivity index (χ1) is 16.9. The van der Waals surface area contributed by atoms with Gasteiger partial charge in [0.2, 0.25) is 5.91 Å². The van der Waals surface area contributed by atoms with E-state index in [9.17, 15) is 35.9 Å². The molecule has 3 N–H and O–H groups in total. The molecule has 3 aromatic carbocycles. The zero-order valence-electron chi connectivity index (χ0n) is 18.5. The fourth-order valence-electron chi connectivity index (χ4n) is 3.53. The number of rotatable bonds is 7. The molecule has 190 valence electrons. The lowest BCUT2D eigenvalue weighted by molar-refractivity contribution is -0.162. The summed E-state index contributed by atoms with van der Waals surface area (Å²) in [7, 11) is 0. The van der Waals surface area contributed by atoms with E-state index in [0.29, 0.717) is 34.0 Å². The number of hydrogen-bond acceptors (Lipinski definition) is 3. The second-order valence-electron chi connectivity index (χ2n) is 7.67.